The summed E-state index contributed by atoms with van der Waals surface area (Å²) >= 11 is 0. The third kappa shape index (κ3) is 3.03. The molecular formula is C21H25N3O3. The summed E-state index contributed by atoms with van der Waals surface area (Å²) in [5.74, 6) is -0.794. The minimum absolute atomic E-state index is 0.0778. The third-order valence-corrected chi connectivity index (χ3v) is 5.96. The molecule has 2 heterocycles. The normalized spacial score (nSPS) is 24.3. The summed E-state index contributed by atoms with van der Waals surface area (Å²) in [5.41, 5.74) is 4.35. The summed E-state index contributed by atoms with van der Waals surface area (Å²) in [6.07, 6.45) is 2.96. The van der Waals surface area contributed by atoms with Gasteiger partial charge in [-0.3, -0.25) is 4.79 Å². The van der Waals surface area contributed by atoms with Crippen LogP contribution in [0.5, 0.6) is 0 Å². The number of hydrogen-bond donors (Lipinski definition) is 1. The number of aryl methyl sites for hydroxylation is 3. The lowest BCUT2D eigenvalue weighted by Gasteiger charge is -2.23. The Hall–Kier alpha value is -2.63. The molecule has 6 nitrogen and oxygen atoms in total. The van der Waals surface area contributed by atoms with Crippen LogP contribution >= 0.6 is 0 Å². The molecule has 1 saturated heterocycles. The first kappa shape index (κ1) is 17.8. The molecule has 2 aliphatic rings. The molecule has 1 aromatic heterocycles. The number of carboxylic acid groups (broad SMARTS) is 1. The molecule has 1 aliphatic heterocycles. The maximum absolute atomic E-state index is 13.1. The Labute approximate surface area is 158 Å². The molecule has 0 spiro atoms. The van der Waals surface area contributed by atoms with Gasteiger partial charge in [-0.2, -0.15) is 5.10 Å². The zero-order chi connectivity index (χ0) is 19.3. The van der Waals surface area contributed by atoms with Gasteiger partial charge in [0.1, 0.15) is 6.04 Å². The average Bonchev–Trinajstić information content (AvgIpc) is 3.26. The molecule has 142 valence electrons. The van der Waals surface area contributed by atoms with Crippen molar-refractivity contribution >= 4 is 11.9 Å². The number of rotatable bonds is 3. The molecule has 1 saturated carbocycles. The maximum atomic E-state index is 13.1. The highest BCUT2D eigenvalue weighted by Gasteiger charge is 2.50. The van der Waals surface area contributed by atoms with Crippen molar-refractivity contribution in [2.24, 2.45) is 11.8 Å². The number of carbonyl (C=O) groups excluding carboxylic acids is 1. The van der Waals surface area contributed by atoms with Gasteiger partial charge in [-0.1, -0.05) is 12.5 Å². The van der Waals surface area contributed by atoms with Crippen LogP contribution in [0.1, 0.15) is 46.6 Å². The Morgan fingerprint density at radius 1 is 1.07 bits per heavy atom. The first-order chi connectivity index (χ1) is 12.8. The molecule has 2 fully saturated rings. The van der Waals surface area contributed by atoms with Crippen molar-refractivity contribution in [3.8, 4) is 5.69 Å². The molecule has 3 atom stereocenters. The fraction of sp³-hybridized carbons (Fsp3) is 0.476. The quantitative estimate of drug-likeness (QED) is 0.904. The van der Waals surface area contributed by atoms with Crippen molar-refractivity contribution in [1.29, 1.82) is 0 Å². The van der Waals surface area contributed by atoms with Crippen molar-refractivity contribution in [2.75, 3.05) is 6.54 Å². The number of aromatic nitrogens is 2. The second kappa shape index (κ2) is 6.51. The van der Waals surface area contributed by atoms with Crippen LogP contribution in [0.15, 0.2) is 24.3 Å². The van der Waals surface area contributed by atoms with E-state index < -0.39 is 12.0 Å². The Kier molecular flexibility index (Phi) is 4.29. The van der Waals surface area contributed by atoms with Gasteiger partial charge in [0, 0.05) is 12.2 Å². The Balaban J connectivity index is 1.66. The number of aliphatic carboxylic acids is 1. The summed E-state index contributed by atoms with van der Waals surface area (Å²) < 4.78 is 1.76. The minimum atomic E-state index is -0.900. The predicted octanol–water partition coefficient (Wildman–Crippen LogP) is 3.12. The Bertz CT molecular complexity index is 897. The van der Waals surface area contributed by atoms with Crippen molar-refractivity contribution in [2.45, 2.75) is 46.1 Å². The molecule has 1 aromatic carbocycles. The lowest BCUT2D eigenvalue weighted by atomic mass is 9.94. The van der Waals surface area contributed by atoms with E-state index in [-0.39, 0.29) is 11.8 Å². The fourth-order valence-electron chi connectivity index (χ4n) is 4.89. The molecule has 4 rings (SSSR count). The fourth-order valence-corrected chi connectivity index (χ4v) is 4.89. The first-order valence-electron chi connectivity index (χ1n) is 9.54. The van der Waals surface area contributed by atoms with E-state index >= 15 is 0 Å². The number of hydrogen-bond acceptors (Lipinski definition) is 3. The van der Waals surface area contributed by atoms with Crippen LogP contribution in [0.2, 0.25) is 0 Å². The molecule has 1 amide bonds. The molecule has 27 heavy (non-hydrogen) atoms. The molecule has 3 unspecified atom stereocenters. The van der Waals surface area contributed by atoms with E-state index in [9.17, 15) is 14.7 Å². The minimum Gasteiger partial charge on any atom is -0.480 e. The molecule has 1 aliphatic carbocycles. The van der Waals surface area contributed by atoms with Gasteiger partial charge in [-0.15, -0.1) is 0 Å². The van der Waals surface area contributed by atoms with Gasteiger partial charge in [-0.25, -0.2) is 9.48 Å². The summed E-state index contributed by atoms with van der Waals surface area (Å²) in [5, 5.41) is 14.2. The van der Waals surface area contributed by atoms with E-state index in [1.165, 1.54) is 4.90 Å². The van der Waals surface area contributed by atoms with E-state index in [0.717, 1.165) is 41.8 Å². The third-order valence-electron chi connectivity index (χ3n) is 5.96. The molecular weight excluding hydrogens is 342 g/mol. The van der Waals surface area contributed by atoms with Crippen molar-refractivity contribution in [1.82, 2.24) is 14.7 Å². The second-order valence-electron chi connectivity index (χ2n) is 8.02. The van der Waals surface area contributed by atoms with Crippen LogP contribution in [0.4, 0.5) is 0 Å². The van der Waals surface area contributed by atoms with Gasteiger partial charge < -0.3 is 10.0 Å². The molecule has 0 radical (unpaired) electrons. The number of amides is 1. The summed E-state index contributed by atoms with van der Waals surface area (Å²) in [7, 11) is 0. The Morgan fingerprint density at radius 3 is 2.44 bits per heavy atom. The second-order valence-corrected chi connectivity index (χ2v) is 8.02. The van der Waals surface area contributed by atoms with Crippen LogP contribution in [0, 0.1) is 32.6 Å². The molecule has 2 aromatic rings. The van der Waals surface area contributed by atoms with Crippen molar-refractivity contribution in [3.05, 3.63) is 46.8 Å². The van der Waals surface area contributed by atoms with Crippen LogP contribution in [-0.4, -0.2) is 44.3 Å². The topological polar surface area (TPSA) is 75.4 Å². The van der Waals surface area contributed by atoms with E-state index in [2.05, 4.69) is 11.2 Å². The summed E-state index contributed by atoms with van der Waals surface area (Å²) in [6.45, 7) is 6.49. The SMILES string of the molecule is Cc1cc(C)cc(-n2nc(C(=O)N3CC4CCCC4C3C(=O)O)cc2C)c1. The van der Waals surface area contributed by atoms with Crippen LogP contribution < -0.4 is 0 Å². The van der Waals surface area contributed by atoms with Crippen LogP contribution in [0.25, 0.3) is 5.69 Å². The first-order valence-corrected chi connectivity index (χ1v) is 9.54. The number of carbonyl (C=O) groups is 2. The van der Waals surface area contributed by atoms with E-state index in [4.69, 9.17) is 0 Å². The molecule has 0 bridgehead atoms. The highest BCUT2D eigenvalue weighted by Crippen LogP contribution is 2.42. The standard InChI is InChI=1S/C21H25N3O3/c1-12-7-13(2)9-16(8-12)24-14(3)10-18(22-24)20(25)23-11-15-5-4-6-17(15)19(23)21(26)27/h7-10,15,17,19H,4-6,11H2,1-3H3,(H,26,27). The highest BCUT2D eigenvalue weighted by atomic mass is 16.4. The monoisotopic (exact) mass is 367 g/mol. The van der Waals surface area contributed by atoms with Gasteiger partial charge in [-0.05, 0) is 74.8 Å². The van der Waals surface area contributed by atoms with E-state index in [1.54, 1.807) is 10.7 Å². The number of likely N-dealkylation sites (tertiary alicyclic amines) is 1. The number of nitrogens with zero attached hydrogens (tertiary/aromatic N) is 3. The summed E-state index contributed by atoms with van der Waals surface area (Å²) in [6, 6.07) is 7.18. The van der Waals surface area contributed by atoms with E-state index in [1.807, 2.05) is 32.9 Å². The molecule has 6 heteroatoms. The number of carboxylic acids is 1. The van der Waals surface area contributed by atoms with Gasteiger partial charge in [0.05, 0.1) is 5.69 Å². The van der Waals surface area contributed by atoms with Gasteiger partial charge in [0.2, 0.25) is 0 Å². The largest absolute Gasteiger partial charge is 0.480 e. The number of benzene rings is 1. The van der Waals surface area contributed by atoms with Gasteiger partial charge in [0.15, 0.2) is 5.69 Å². The zero-order valence-electron chi connectivity index (χ0n) is 16.0. The van der Waals surface area contributed by atoms with Crippen molar-refractivity contribution in [3.63, 3.8) is 0 Å². The van der Waals surface area contributed by atoms with Gasteiger partial charge >= 0.3 is 5.97 Å². The van der Waals surface area contributed by atoms with Crippen LogP contribution in [0.3, 0.4) is 0 Å². The number of fused-ring (bicyclic) bond motifs is 1. The lowest BCUT2D eigenvalue weighted by Crippen LogP contribution is -2.43. The lowest BCUT2D eigenvalue weighted by molar-refractivity contribution is -0.142. The Morgan fingerprint density at radius 2 is 1.78 bits per heavy atom. The summed E-state index contributed by atoms with van der Waals surface area (Å²) in [4.78, 5) is 26.5. The molecule has 1 N–H and O–H groups in total. The smallest absolute Gasteiger partial charge is 0.326 e. The van der Waals surface area contributed by atoms with E-state index in [0.29, 0.717) is 18.2 Å². The highest BCUT2D eigenvalue weighted by molar-refractivity contribution is 5.95. The van der Waals surface area contributed by atoms with Crippen molar-refractivity contribution < 1.29 is 14.7 Å². The maximum Gasteiger partial charge on any atom is 0.326 e. The zero-order valence-corrected chi connectivity index (χ0v) is 16.0. The van der Waals surface area contributed by atoms with Crippen LogP contribution in [-0.2, 0) is 4.79 Å². The van der Waals surface area contributed by atoms with Gasteiger partial charge in [0.25, 0.3) is 5.91 Å². The predicted molar refractivity (Wildman–Crippen MR) is 101 cm³/mol. The average molecular weight is 367 g/mol.